The third kappa shape index (κ3) is 18.4. The predicted octanol–water partition coefficient (Wildman–Crippen LogP) is 17.2. The number of hydrogen-bond acceptors (Lipinski definition) is 28. The summed E-state index contributed by atoms with van der Waals surface area (Å²) in [5, 5.41) is 40.3. The number of esters is 2. The van der Waals surface area contributed by atoms with Crippen LogP contribution in [0.25, 0.3) is 22.3 Å². The maximum absolute atomic E-state index is 14.9. The van der Waals surface area contributed by atoms with E-state index >= 15 is 0 Å². The SMILES string of the molecule is C=CCOc1c(C)c2c(c3c1CC1[C@H]4c5c(cc(C)c(OC)c5O)C[C@@H]([C@H](C#N)N1[C@H]3COC(=O)[C@@H](CSCC1c3ccccc3-c3ccccc31)NC(=O)OCc1ccccc1)N4C)OCO2.C=CCOc1c(C)c2c(c3c1CC1[C@H]4c5c(cc(C)c(OC)c5OCOCCOC)C[C@@H]([C@H](C#N)N1[C@H]3COC(=O)[C@@H](CSCC1c3ccccc3-c3ccccc31)NC(=O)OCc1ccccc1)N4C)OCO2. The molecule has 2 saturated heterocycles. The Kier molecular flexibility index (Phi) is 29.4. The minimum Gasteiger partial charge on any atom is -0.504 e. The molecule has 0 spiro atoms. The number of nitriles is 2. The van der Waals surface area contributed by atoms with Gasteiger partial charge in [-0.15, -0.1) is 0 Å². The number of phenols is 1. The van der Waals surface area contributed by atoms with Crippen LogP contribution < -0.4 is 53.3 Å². The monoisotopic (exact) mass is 1960 g/mol. The molecule has 142 heavy (non-hydrogen) atoms. The lowest BCUT2D eigenvalue weighted by Gasteiger charge is -2.60. The molecule has 8 heterocycles. The number of alkyl carbamates (subject to hydrolysis) is 2. The molecule has 8 aliphatic heterocycles. The third-order valence-electron chi connectivity index (χ3n) is 29.3. The minimum atomic E-state index is -1.10. The van der Waals surface area contributed by atoms with Crippen molar-refractivity contribution >= 4 is 47.6 Å². The third-order valence-corrected chi connectivity index (χ3v) is 31.6. The van der Waals surface area contributed by atoms with Gasteiger partial charge in [-0.25, -0.2) is 19.2 Å². The molecule has 2 fully saturated rings. The number of methoxy groups -OCH3 is 3. The molecule has 10 aromatic rings. The predicted molar refractivity (Wildman–Crippen MR) is 536 cm³/mol. The molecule has 736 valence electrons. The number of hydrogen-bond donors (Lipinski definition) is 3. The Hall–Kier alpha value is -13.4. The van der Waals surface area contributed by atoms with E-state index in [1.807, 2.05) is 120 Å². The first-order valence-corrected chi connectivity index (χ1v) is 50.3. The zero-order chi connectivity index (χ0) is 98.7. The number of fused-ring (bicyclic) bond motifs is 24. The van der Waals surface area contributed by atoms with Crippen LogP contribution in [0.4, 0.5) is 9.59 Å². The van der Waals surface area contributed by atoms with E-state index in [1.165, 1.54) is 44.5 Å². The highest BCUT2D eigenvalue weighted by atomic mass is 32.2. The average Bonchev–Trinajstić information content (AvgIpc) is 0.900. The second-order valence-electron chi connectivity index (χ2n) is 37.1. The molecule has 4 bridgehead atoms. The number of carbonyl (C=O) groups is 4. The molecular weight excluding hydrogens is 1840 g/mol. The van der Waals surface area contributed by atoms with Crippen molar-refractivity contribution in [3.8, 4) is 91.9 Å². The number of amides is 2. The highest BCUT2D eigenvalue weighted by Crippen LogP contribution is 2.62. The molecule has 0 radical (unpaired) electrons. The van der Waals surface area contributed by atoms with Gasteiger partial charge in [0, 0.05) is 111 Å². The second kappa shape index (κ2) is 42.8. The van der Waals surface area contributed by atoms with Crippen LogP contribution in [-0.4, -0.2) is 216 Å². The lowest BCUT2D eigenvalue weighted by atomic mass is 9.71. The largest absolute Gasteiger partial charge is 0.504 e. The topological polar surface area (TPSA) is 312 Å². The summed E-state index contributed by atoms with van der Waals surface area (Å²) in [6.45, 7) is 16.4. The fourth-order valence-electron chi connectivity index (χ4n) is 23.2. The summed E-state index contributed by atoms with van der Waals surface area (Å²) in [5.74, 6) is 5.51. The maximum atomic E-state index is 14.9. The van der Waals surface area contributed by atoms with Gasteiger partial charge in [0.15, 0.2) is 52.8 Å². The maximum Gasteiger partial charge on any atom is 0.408 e. The van der Waals surface area contributed by atoms with E-state index in [0.29, 0.717) is 108 Å². The van der Waals surface area contributed by atoms with Gasteiger partial charge in [-0.3, -0.25) is 19.6 Å². The molecule has 10 aromatic carbocycles. The van der Waals surface area contributed by atoms with Crippen molar-refractivity contribution in [1.82, 2.24) is 30.2 Å². The number of piperazine rings is 2. The van der Waals surface area contributed by atoms with Gasteiger partial charge in [0.1, 0.15) is 75.3 Å². The van der Waals surface area contributed by atoms with Crippen LogP contribution in [0.2, 0.25) is 0 Å². The smallest absolute Gasteiger partial charge is 0.408 e. The second-order valence-corrected chi connectivity index (χ2v) is 39.3. The van der Waals surface area contributed by atoms with Crippen molar-refractivity contribution in [3.05, 3.63) is 295 Å². The first-order chi connectivity index (χ1) is 69.3. The number of benzene rings is 10. The Morgan fingerprint density at radius 1 is 0.486 bits per heavy atom. The van der Waals surface area contributed by atoms with Crippen molar-refractivity contribution in [2.45, 2.75) is 151 Å². The van der Waals surface area contributed by atoms with Crippen molar-refractivity contribution in [2.75, 3.05) is 118 Å². The molecule has 3 N–H and O–H groups in total. The van der Waals surface area contributed by atoms with E-state index in [0.717, 1.165) is 72.3 Å². The number of ether oxygens (including phenoxy) is 15. The molecule has 0 aromatic heterocycles. The van der Waals surface area contributed by atoms with E-state index in [4.69, 9.17) is 71.1 Å². The van der Waals surface area contributed by atoms with Crippen LogP contribution in [0, 0.1) is 50.4 Å². The summed E-state index contributed by atoms with van der Waals surface area (Å²) < 4.78 is 91.6. The van der Waals surface area contributed by atoms with Gasteiger partial charge in [-0.05, 0) is 145 Å². The van der Waals surface area contributed by atoms with Gasteiger partial charge in [0.05, 0.1) is 63.7 Å². The van der Waals surface area contributed by atoms with Crippen LogP contribution in [0.3, 0.4) is 0 Å². The fraction of sp³-hybridized carbons (Fsp3) is 0.375. The van der Waals surface area contributed by atoms with Gasteiger partial charge in [0.2, 0.25) is 13.6 Å². The molecule has 10 aliphatic rings. The summed E-state index contributed by atoms with van der Waals surface area (Å²) >= 11 is 3.12. The molecule has 2 unspecified atom stereocenters. The zero-order valence-electron chi connectivity index (χ0n) is 81.0. The summed E-state index contributed by atoms with van der Waals surface area (Å²) in [5.41, 5.74) is 21.3. The molecule has 20 rings (SSSR count). The molecule has 28 nitrogen and oxygen atoms in total. The molecule has 2 aliphatic carbocycles. The van der Waals surface area contributed by atoms with Crippen LogP contribution in [0.1, 0.15) is 136 Å². The van der Waals surface area contributed by atoms with Crippen LogP contribution in [0.5, 0.6) is 57.5 Å². The van der Waals surface area contributed by atoms with E-state index in [2.05, 4.69) is 148 Å². The summed E-state index contributed by atoms with van der Waals surface area (Å²) in [7, 11) is 8.87. The van der Waals surface area contributed by atoms with Crippen LogP contribution in [0.15, 0.2) is 195 Å². The number of nitrogens with zero attached hydrogens (tertiary/aromatic N) is 6. The molecule has 30 heteroatoms. The Bertz CT molecular complexity index is 6460. The molecular formula is C112H116N8O20S2. The van der Waals surface area contributed by atoms with Gasteiger partial charge in [0.25, 0.3) is 0 Å². The number of aryl methyl sites for hydroxylation is 2. The molecule has 0 saturated carbocycles. The lowest BCUT2D eigenvalue weighted by molar-refractivity contribution is -0.151. The number of aromatic hydroxyl groups is 1. The van der Waals surface area contributed by atoms with Crippen molar-refractivity contribution in [2.24, 2.45) is 0 Å². The van der Waals surface area contributed by atoms with Crippen LogP contribution in [-0.2, 0) is 76.9 Å². The van der Waals surface area contributed by atoms with Crippen molar-refractivity contribution in [3.63, 3.8) is 0 Å². The Labute approximate surface area is 835 Å². The van der Waals surface area contributed by atoms with Gasteiger partial charge in [-0.2, -0.15) is 34.0 Å². The highest BCUT2D eigenvalue weighted by molar-refractivity contribution is 7.99. The van der Waals surface area contributed by atoms with Gasteiger partial charge < -0.3 is 86.8 Å². The quantitative estimate of drug-likeness (QED) is 0.0111. The number of thioether (sulfide) groups is 2. The Balaban J connectivity index is 0.000000181. The molecule has 12 atom stereocenters. The van der Waals surface area contributed by atoms with Crippen LogP contribution >= 0.6 is 23.5 Å². The Morgan fingerprint density at radius 2 is 0.887 bits per heavy atom. The van der Waals surface area contributed by atoms with Gasteiger partial charge >= 0.3 is 24.1 Å². The number of carbonyl (C=O) groups excluding carboxylic acids is 4. The number of rotatable bonds is 34. The van der Waals surface area contributed by atoms with E-state index in [9.17, 15) is 34.8 Å². The Morgan fingerprint density at radius 3 is 1.30 bits per heavy atom. The standard InChI is InChI=1S/C58H62N4O11S.C54H54N4O9S/c1-7-21-68-53-35(3)54-56(73-33-72-54)50-42(53)26-46-51-49-37(24-34(2)52(66-6)55(49)71-32-67-23-22-65-5)25-45(61(51)4)47(27-59)62(46)48(50)29-69-57(63)44(60-58(64)70-28-36-15-9-8-10-16-36)31-74-30-43-40-19-13-11-17-38(40)39-18-12-14-20-41(39)43;1-6-20-63-50-31(3)51-52(67-29-66-51)46-38(50)23-42-47-45-33(21-30(2)49(62-5)48(45)59)22-41(57(47)4)43(24-55)58(42)44(46)26-64-53(60)40(56-54(61)65-25-32-14-8-7-9-15-32)28-68-27-39-36-18-12-10-16-34(36)35-17-11-13-19-37(35)39/h7-20,24,43-48,51H,1,21-23,25-26,28-33H2,2-6H3,(H,60,64);6-19,21,39-44,47,59H,1,20,22-23,25-29H2,2-5H3,(H,56,61)/t44-,45+,46?,47+,48+,51+;40-,41+,42?,43+,44+,47+/m11/s1. The number of likely N-dealkylation sites (N-methyl/N-ethyl adjacent to an activating group) is 2. The first kappa shape index (κ1) is 97.4. The first-order valence-electron chi connectivity index (χ1n) is 48.0. The van der Waals surface area contributed by atoms with E-state index in [-0.39, 0.29) is 107 Å². The summed E-state index contributed by atoms with van der Waals surface area (Å²) in [6.07, 6.45) is 3.72. The fourth-order valence-corrected chi connectivity index (χ4v) is 25.6. The normalized spacial score (nSPS) is 20.8. The van der Waals surface area contributed by atoms with Crippen molar-refractivity contribution in [1.29, 1.82) is 10.5 Å². The lowest BCUT2D eigenvalue weighted by Crippen LogP contribution is -2.68. The molecule has 2 amide bonds. The highest BCUT2D eigenvalue weighted by Gasteiger charge is 2.60. The minimum absolute atomic E-state index is 0.0176. The van der Waals surface area contributed by atoms with Crippen molar-refractivity contribution < 1.29 is 95.3 Å². The van der Waals surface area contributed by atoms with E-state index < -0.39 is 78.5 Å². The average molecular weight is 1960 g/mol. The number of phenolic OH excluding ortho intramolecular Hbond substituents is 1. The summed E-state index contributed by atoms with van der Waals surface area (Å²) in [4.78, 5) is 65.7. The van der Waals surface area contributed by atoms with E-state index in [1.54, 1.807) is 57.0 Å². The van der Waals surface area contributed by atoms with Gasteiger partial charge in [-0.1, -0.05) is 195 Å². The number of nitrogens with one attached hydrogen (secondary N) is 2. The zero-order valence-corrected chi connectivity index (χ0v) is 82.6. The summed E-state index contributed by atoms with van der Waals surface area (Å²) in [6, 6.07) is 54.7.